The fraction of sp³-hybridized carbons (Fsp3) is 0.376. The number of halogens is 11. The first-order valence-corrected chi connectivity index (χ1v) is 51.3. The van der Waals surface area contributed by atoms with Gasteiger partial charge in [0.05, 0.1) is 127 Å². The molecular weight excluding hydrogens is 2070 g/mol. The van der Waals surface area contributed by atoms with Gasteiger partial charge in [-0.3, -0.25) is 63.7 Å². The topological polar surface area (TPSA) is 352 Å². The van der Waals surface area contributed by atoms with Crippen molar-refractivity contribution in [1.29, 1.82) is 0 Å². The molecule has 0 aromatic carbocycles. The molecule has 6 atom stereocenters. The minimum atomic E-state index is -2.91. The summed E-state index contributed by atoms with van der Waals surface area (Å²) in [6.07, 6.45) is 47.5. The minimum Gasteiger partial charge on any atom is -0.363 e. The third kappa shape index (κ3) is 26.5. The molecule has 9 fully saturated rings. The molecule has 9 aliphatic carbocycles. The highest BCUT2D eigenvalue weighted by Crippen LogP contribution is 2.53. The number of aromatic nitrogens is 21. The van der Waals surface area contributed by atoms with Gasteiger partial charge in [0, 0.05) is 134 Å². The Morgan fingerprint density at radius 2 is 0.561 bits per heavy atom. The van der Waals surface area contributed by atoms with Gasteiger partial charge in [0.25, 0.3) is 11.8 Å². The minimum absolute atomic E-state index is 0.0682. The Morgan fingerprint density at radius 1 is 0.338 bits per heavy atom. The third-order valence-corrected chi connectivity index (χ3v) is 28.3. The lowest BCUT2D eigenvalue weighted by Gasteiger charge is -2.21. The predicted molar refractivity (Wildman–Crippen MR) is 561 cm³/mol. The summed E-state index contributed by atoms with van der Waals surface area (Å²) in [5, 5.41) is 35.3. The quantitative estimate of drug-likeness (QED) is 0.0369. The number of hydrogen-bond acceptors (Lipinski definition) is 21. The first-order valence-electron chi connectivity index (χ1n) is 48.2. The second-order valence-corrected chi connectivity index (χ2v) is 40.6. The number of nitrogens with zero attached hydrogens (tertiary/aromatic N) is 28. The van der Waals surface area contributed by atoms with Gasteiger partial charge in [0.1, 0.15) is 51.6 Å². The molecule has 772 valence electrons. The van der Waals surface area contributed by atoms with Crippen LogP contribution in [0.3, 0.4) is 0 Å². The fourth-order valence-electron chi connectivity index (χ4n) is 15.9. The van der Waals surface area contributed by atoms with E-state index >= 15 is 0 Å². The fourth-order valence-corrected chi connectivity index (χ4v) is 17.8. The average molecular weight is 2180 g/mol. The van der Waals surface area contributed by atoms with E-state index in [0.717, 1.165) is 110 Å². The van der Waals surface area contributed by atoms with Crippen LogP contribution in [-0.4, -0.2) is 210 Å². The number of carbonyl (C=O) groups excluding carboxylic acids is 6. The van der Waals surface area contributed by atoms with Crippen LogP contribution in [0.5, 0.6) is 0 Å². The van der Waals surface area contributed by atoms with E-state index in [-0.39, 0.29) is 69.7 Å². The van der Waals surface area contributed by atoms with E-state index in [0.29, 0.717) is 107 Å². The Kier molecular flexibility index (Phi) is 33.2. The monoisotopic (exact) mass is 2170 g/mol. The summed E-state index contributed by atoms with van der Waals surface area (Å²) in [7, 11) is 6.73. The molecule has 0 aliphatic heterocycles. The van der Waals surface area contributed by atoms with E-state index in [9.17, 15) is 46.3 Å². The highest BCUT2D eigenvalue weighted by Gasteiger charge is 2.64. The average Bonchev–Trinajstić information content (AvgIpc) is 1.60. The molecule has 9 aliphatic rings. The summed E-state index contributed by atoms with van der Waals surface area (Å²) in [6, 6.07) is 25.7. The van der Waals surface area contributed by atoms with Crippen molar-refractivity contribution in [3.8, 4) is 39.8 Å². The first-order chi connectivity index (χ1) is 71.1. The van der Waals surface area contributed by atoms with E-state index in [4.69, 9.17) is 93.4 Å². The smallest absolute Gasteiger partial charge is 0.260 e. The van der Waals surface area contributed by atoms with Crippen LogP contribution in [0.15, 0.2) is 215 Å². The summed E-state index contributed by atoms with van der Waals surface area (Å²) in [4.78, 5) is 114. The van der Waals surface area contributed by atoms with E-state index in [1.807, 2.05) is 103 Å². The third-order valence-electron chi connectivity index (χ3n) is 26.0. The van der Waals surface area contributed by atoms with Crippen molar-refractivity contribution in [3.63, 3.8) is 0 Å². The van der Waals surface area contributed by atoms with E-state index in [1.54, 1.807) is 182 Å². The van der Waals surface area contributed by atoms with Gasteiger partial charge < -0.3 is 39.6 Å². The summed E-state index contributed by atoms with van der Waals surface area (Å²) < 4.78 is 63.9. The van der Waals surface area contributed by atoms with Crippen molar-refractivity contribution in [1.82, 2.24) is 109 Å². The number of nitrogens with one attached hydrogen (secondary N) is 1. The zero-order valence-corrected chi connectivity index (χ0v) is 87.4. The maximum atomic E-state index is 13.3. The lowest BCUT2D eigenvalue weighted by atomic mass is 10.2. The number of amides is 6. The maximum absolute atomic E-state index is 13.3. The standard InChI is InChI=1S/C17H19ClN4O.C16H15ClF2N4O.C16H17ClN4O.C14H15ClN4O.C13H11ClF2N4O.C13H13ClN4O.C12H14ClN5S/c1-11-7-14(11)17(23)21(9-12-4-5-12)15-10-22(20-16(15)18)13-3-2-6-19-8-13;17-14-13(9-23(21-14)11-2-1-5-20-7-11)22(8-10-3-4-10)15(24)12-6-16(12,18)19;17-15-14(10-21(19-15)13-2-1-7-18-8-13)20(9-11-3-4-11)16(22)12-5-6-12;1-9-6-11(9)14(20)18(2)12-8-19(17-13(12)15)10-4-3-5-16-7-10;1-19(12(21)9-5-13(9,15)16)10-7-20(18-11(10)14)8-3-2-4-17-6-8;1-17(13(19)9-4-5-9)11-8-18(16-12(11)14)10-3-2-6-15-7-10;1-3-15-12(19)17(2)10-8-18(16-11(10)13)9-5-4-6-14-7-9/h2-3,6,8,10-12,14H,4-5,7,9H2,1H3;1-2,5,7,9-10,12H,3-4,6,8H2;1-2,7-8,10-12H,3-6,9H2;3-5,7-9,11H,6H2,1-2H3;2-4,6-7,9H,5H2,1H3;2-3,6-9H,4-5H2,1H3;4-8H,3H2,1-2H3,(H,15,19). The van der Waals surface area contributed by atoms with E-state index in [2.05, 4.69) is 89.7 Å². The summed E-state index contributed by atoms with van der Waals surface area (Å²) in [6.45, 7) is 8.87. The zero-order chi connectivity index (χ0) is 105. The van der Waals surface area contributed by atoms with Gasteiger partial charge in [0.2, 0.25) is 35.4 Å². The molecule has 35 nitrogen and oxygen atoms in total. The second-order valence-electron chi connectivity index (χ2n) is 37.7. The number of thiocarbonyl (C=S) groups is 1. The van der Waals surface area contributed by atoms with Gasteiger partial charge in [-0.15, -0.1) is 0 Å². The normalized spacial score (nSPS) is 18.4. The highest BCUT2D eigenvalue weighted by molar-refractivity contribution is 7.80. The summed E-state index contributed by atoms with van der Waals surface area (Å²) in [5.41, 5.74) is 9.56. The van der Waals surface area contributed by atoms with Crippen LogP contribution in [-0.2, 0) is 28.8 Å². The molecular formula is C101H104Cl7F4N29O6S. The lowest BCUT2D eigenvalue weighted by molar-refractivity contribution is -0.122. The zero-order valence-electron chi connectivity index (χ0n) is 81.3. The molecule has 1 N–H and O–H groups in total. The molecule has 0 radical (unpaired) electrons. The Morgan fingerprint density at radius 3 is 0.804 bits per heavy atom. The highest BCUT2D eigenvalue weighted by atomic mass is 35.5. The van der Waals surface area contributed by atoms with Gasteiger partial charge in [-0.2, -0.15) is 35.7 Å². The van der Waals surface area contributed by atoms with Crippen LogP contribution in [0.25, 0.3) is 39.8 Å². The Labute approximate surface area is 889 Å². The number of hydrogen-bond donors (Lipinski definition) is 1. The number of carbonyl (C=O) groups is 6. The molecule has 0 saturated heterocycles. The van der Waals surface area contributed by atoms with Gasteiger partial charge in [-0.25, -0.2) is 50.3 Å². The van der Waals surface area contributed by atoms with Crippen LogP contribution in [0.4, 0.5) is 57.4 Å². The van der Waals surface area contributed by atoms with E-state index in [1.165, 1.54) is 53.2 Å². The van der Waals surface area contributed by atoms with Crippen LogP contribution >= 0.6 is 93.4 Å². The molecule has 148 heavy (non-hydrogen) atoms. The van der Waals surface area contributed by atoms with Gasteiger partial charge in [0.15, 0.2) is 41.2 Å². The Balaban J connectivity index is 0.000000118. The SMILES string of the molecule is CC1CC1C(=O)N(C)c1cn(-c2cccnc2)nc1Cl.CC1CC1C(=O)N(CC1CC1)c1cn(-c2cccnc2)nc1Cl.CCNC(=S)N(C)c1cn(-c2cccnc2)nc1Cl.CN(C(=O)C1CC1(F)F)c1cn(-c2cccnc2)nc1Cl.CN(C(=O)C1CC1)c1cn(-c2cccnc2)nc1Cl.O=C(C1CC1(F)F)N(CC1CC1)c1cn(-c2cccnc2)nc1Cl.O=C(C1CC1)N(CC1CC1)c1cn(-c2cccnc2)nc1Cl. The predicted octanol–water partition coefficient (Wildman–Crippen LogP) is 19.3. The molecule has 14 aromatic rings. The summed E-state index contributed by atoms with van der Waals surface area (Å²) in [5.74, 6) is -5.83. The van der Waals surface area contributed by atoms with Crippen molar-refractivity contribution in [2.45, 2.75) is 123 Å². The molecule has 23 rings (SSSR count). The second kappa shape index (κ2) is 46.3. The number of pyridine rings is 7. The van der Waals surface area contributed by atoms with Crippen molar-refractivity contribution >= 4 is 174 Å². The Bertz CT molecular complexity index is 7020. The van der Waals surface area contributed by atoms with Crippen LogP contribution < -0.4 is 39.6 Å². The number of rotatable bonds is 27. The number of anilines is 7. The van der Waals surface area contributed by atoms with Gasteiger partial charge >= 0.3 is 0 Å². The van der Waals surface area contributed by atoms with Crippen LogP contribution in [0, 0.1) is 65.1 Å². The molecule has 14 heterocycles. The first kappa shape index (κ1) is 106. The molecule has 0 spiro atoms. The maximum Gasteiger partial charge on any atom is 0.260 e. The molecule has 6 unspecified atom stereocenters. The molecule has 47 heteroatoms. The summed E-state index contributed by atoms with van der Waals surface area (Å²) >= 11 is 48.5. The largest absolute Gasteiger partial charge is 0.363 e. The van der Waals surface area contributed by atoms with Crippen molar-refractivity contribution in [2.24, 2.45) is 65.1 Å². The van der Waals surface area contributed by atoms with Crippen LogP contribution in [0.1, 0.15) is 111 Å². The van der Waals surface area contributed by atoms with Gasteiger partial charge in [-0.1, -0.05) is 95.1 Å². The van der Waals surface area contributed by atoms with Crippen molar-refractivity contribution < 1.29 is 46.3 Å². The Hall–Kier alpha value is -13.2. The molecule has 9 saturated carbocycles. The van der Waals surface area contributed by atoms with E-state index < -0.39 is 41.9 Å². The van der Waals surface area contributed by atoms with Crippen molar-refractivity contribution in [3.05, 3.63) is 251 Å². The van der Waals surface area contributed by atoms with Crippen LogP contribution in [0.2, 0.25) is 36.1 Å². The van der Waals surface area contributed by atoms with Crippen molar-refractivity contribution in [2.75, 3.05) is 88.7 Å². The molecule has 0 bridgehead atoms. The lowest BCUT2D eigenvalue weighted by Crippen LogP contribution is -2.36. The number of alkyl halides is 4. The van der Waals surface area contributed by atoms with Gasteiger partial charge in [-0.05, 0) is 211 Å². The molecule has 14 aromatic heterocycles. The molecule has 6 amide bonds.